The zero-order chi connectivity index (χ0) is 16.1. The van der Waals surface area contributed by atoms with Gasteiger partial charge in [-0.3, -0.25) is 9.48 Å². The molecule has 0 bridgehead atoms. The van der Waals surface area contributed by atoms with Gasteiger partial charge in [0.25, 0.3) is 0 Å². The fraction of sp³-hybridized carbons (Fsp3) is 0.333. The van der Waals surface area contributed by atoms with E-state index in [1.54, 1.807) is 6.20 Å². The number of nitrogens with one attached hydrogen (secondary N) is 2. The second kappa shape index (κ2) is 7.13. The Balaban J connectivity index is 1.46. The lowest BCUT2D eigenvalue weighted by molar-refractivity contribution is -0.121. The van der Waals surface area contributed by atoms with E-state index < -0.39 is 0 Å². The van der Waals surface area contributed by atoms with E-state index >= 15 is 0 Å². The quantitative estimate of drug-likeness (QED) is 0.704. The third-order valence-electron chi connectivity index (χ3n) is 4.10. The van der Waals surface area contributed by atoms with Crippen LogP contribution in [0.3, 0.4) is 0 Å². The first-order valence-electron chi connectivity index (χ1n) is 8.10. The number of hydrogen-bond acceptors (Lipinski definition) is 2. The molecule has 0 fully saturated rings. The molecule has 0 aliphatic heterocycles. The lowest BCUT2D eigenvalue weighted by atomic mass is 10.1. The van der Waals surface area contributed by atoms with Gasteiger partial charge in [-0.1, -0.05) is 18.2 Å². The number of carbonyl (C=O) groups is 1. The first kappa shape index (κ1) is 15.3. The number of carbonyl (C=O) groups excluding carboxylic acids is 1. The third-order valence-corrected chi connectivity index (χ3v) is 4.10. The summed E-state index contributed by atoms with van der Waals surface area (Å²) in [6.45, 7) is 3.40. The minimum Gasteiger partial charge on any atom is -0.361 e. The number of nitrogens with zero attached hydrogens (tertiary/aromatic N) is 2. The van der Waals surface area contributed by atoms with Crippen LogP contribution in [-0.4, -0.2) is 20.7 Å². The van der Waals surface area contributed by atoms with Crippen molar-refractivity contribution >= 4 is 16.8 Å². The summed E-state index contributed by atoms with van der Waals surface area (Å²) in [6.07, 6.45) is 6.11. The van der Waals surface area contributed by atoms with Gasteiger partial charge in [-0.05, 0) is 37.5 Å². The normalized spacial score (nSPS) is 11.0. The average molecular weight is 310 g/mol. The van der Waals surface area contributed by atoms with Crippen LogP contribution in [-0.2, 0) is 24.3 Å². The van der Waals surface area contributed by atoms with Gasteiger partial charge in [0.05, 0.1) is 12.2 Å². The molecule has 0 saturated heterocycles. The summed E-state index contributed by atoms with van der Waals surface area (Å²) >= 11 is 0. The maximum Gasteiger partial charge on any atom is 0.220 e. The Morgan fingerprint density at radius 2 is 2.17 bits per heavy atom. The summed E-state index contributed by atoms with van der Waals surface area (Å²) in [7, 11) is 0. The molecule has 0 radical (unpaired) electrons. The van der Waals surface area contributed by atoms with Crippen molar-refractivity contribution in [3.05, 3.63) is 54.0 Å². The largest absolute Gasteiger partial charge is 0.361 e. The number of aromatic nitrogens is 3. The van der Waals surface area contributed by atoms with Crippen molar-refractivity contribution in [3.8, 4) is 0 Å². The van der Waals surface area contributed by atoms with E-state index in [0.717, 1.165) is 30.6 Å². The van der Waals surface area contributed by atoms with E-state index in [0.29, 0.717) is 13.0 Å². The van der Waals surface area contributed by atoms with Crippen molar-refractivity contribution in [3.63, 3.8) is 0 Å². The van der Waals surface area contributed by atoms with Gasteiger partial charge in [-0.15, -0.1) is 0 Å². The van der Waals surface area contributed by atoms with Crippen LogP contribution in [0.1, 0.15) is 31.0 Å². The minimum absolute atomic E-state index is 0.0914. The second-order valence-corrected chi connectivity index (χ2v) is 5.63. The molecule has 0 atom stereocenters. The van der Waals surface area contributed by atoms with Gasteiger partial charge in [0.2, 0.25) is 5.91 Å². The topological polar surface area (TPSA) is 62.7 Å². The smallest absolute Gasteiger partial charge is 0.220 e. The molecule has 3 rings (SSSR count). The summed E-state index contributed by atoms with van der Waals surface area (Å²) < 4.78 is 1.90. The summed E-state index contributed by atoms with van der Waals surface area (Å²) in [5.74, 6) is 0.0914. The molecule has 23 heavy (non-hydrogen) atoms. The van der Waals surface area contributed by atoms with Crippen LogP contribution < -0.4 is 5.32 Å². The Hall–Kier alpha value is -2.56. The molecule has 0 aliphatic carbocycles. The fourth-order valence-corrected chi connectivity index (χ4v) is 2.85. The third kappa shape index (κ3) is 3.62. The van der Waals surface area contributed by atoms with Crippen LogP contribution in [0.4, 0.5) is 0 Å². The lowest BCUT2D eigenvalue weighted by Crippen LogP contribution is -2.24. The Bertz CT molecular complexity index is 787. The molecule has 2 heterocycles. The highest BCUT2D eigenvalue weighted by molar-refractivity contribution is 5.83. The molecular weight excluding hydrogens is 288 g/mol. The van der Waals surface area contributed by atoms with Gasteiger partial charge < -0.3 is 10.3 Å². The van der Waals surface area contributed by atoms with Crippen molar-refractivity contribution < 1.29 is 4.79 Å². The number of rotatable bonds is 7. The summed E-state index contributed by atoms with van der Waals surface area (Å²) in [5.41, 5.74) is 3.47. The predicted octanol–water partition coefficient (Wildman–Crippen LogP) is 3.02. The van der Waals surface area contributed by atoms with Gasteiger partial charge >= 0.3 is 0 Å². The fourth-order valence-electron chi connectivity index (χ4n) is 2.85. The van der Waals surface area contributed by atoms with E-state index in [9.17, 15) is 4.79 Å². The maximum absolute atomic E-state index is 12.0. The second-order valence-electron chi connectivity index (χ2n) is 5.63. The van der Waals surface area contributed by atoms with Gasteiger partial charge in [-0.25, -0.2) is 0 Å². The van der Waals surface area contributed by atoms with Crippen molar-refractivity contribution in [2.75, 3.05) is 0 Å². The Labute approximate surface area is 135 Å². The molecule has 5 nitrogen and oxygen atoms in total. The lowest BCUT2D eigenvalue weighted by Gasteiger charge is -2.07. The molecule has 0 unspecified atom stereocenters. The van der Waals surface area contributed by atoms with Gasteiger partial charge in [0, 0.05) is 36.3 Å². The van der Waals surface area contributed by atoms with Crippen LogP contribution >= 0.6 is 0 Å². The molecular formula is C18H22N4O. The van der Waals surface area contributed by atoms with Crippen LogP contribution in [0.5, 0.6) is 0 Å². The minimum atomic E-state index is 0.0914. The van der Waals surface area contributed by atoms with E-state index in [2.05, 4.69) is 27.5 Å². The number of para-hydroxylation sites is 1. The van der Waals surface area contributed by atoms with Crippen LogP contribution in [0.2, 0.25) is 0 Å². The number of hydrogen-bond donors (Lipinski definition) is 2. The average Bonchev–Trinajstić information content (AvgIpc) is 3.19. The van der Waals surface area contributed by atoms with E-state index in [1.807, 2.05) is 36.0 Å². The number of aryl methyl sites for hydroxylation is 2. The molecule has 2 aromatic heterocycles. The molecule has 2 N–H and O–H groups in total. The molecule has 3 aromatic rings. The SMILES string of the molecule is CCn1nccc1CNC(=O)CCCc1c[nH]c2ccccc12. The maximum atomic E-state index is 12.0. The summed E-state index contributed by atoms with van der Waals surface area (Å²) in [4.78, 5) is 15.3. The Kier molecular flexibility index (Phi) is 4.76. The zero-order valence-electron chi connectivity index (χ0n) is 13.4. The summed E-state index contributed by atoms with van der Waals surface area (Å²) in [5, 5.41) is 8.42. The highest BCUT2D eigenvalue weighted by atomic mass is 16.1. The first-order chi connectivity index (χ1) is 11.3. The van der Waals surface area contributed by atoms with Crippen molar-refractivity contribution in [1.29, 1.82) is 0 Å². The number of fused-ring (bicyclic) bond motifs is 1. The Morgan fingerprint density at radius 1 is 1.30 bits per heavy atom. The van der Waals surface area contributed by atoms with E-state index in [1.165, 1.54) is 10.9 Å². The molecule has 1 aromatic carbocycles. The van der Waals surface area contributed by atoms with Crippen molar-refractivity contribution in [2.45, 2.75) is 39.3 Å². The van der Waals surface area contributed by atoms with Gasteiger partial charge in [0.15, 0.2) is 0 Å². The molecule has 0 saturated carbocycles. The number of H-pyrrole nitrogens is 1. The van der Waals surface area contributed by atoms with Crippen LogP contribution in [0.15, 0.2) is 42.7 Å². The zero-order valence-corrected chi connectivity index (χ0v) is 13.4. The van der Waals surface area contributed by atoms with Crippen molar-refractivity contribution in [2.24, 2.45) is 0 Å². The first-order valence-corrected chi connectivity index (χ1v) is 8.10. The molecule has 5 heteroatoms. The molecule has 0 aliphatic rings. The number of aromatic amines is 1. The molecule has 0 spiro atoms. The van der Waals surface area contributed by atoms with Gasteiger partial charge in [-0.2, -0.15) is 5.10 Å². The standard InChI is InChI=1S/C18H22N4O/c1-2-22-15(10-11-21-22)13-20-18(23)9-5-6-14-12-19-17-8-4-3-7-16(14)17/h3-4,7-8,10-12,19H,2,5-6,9,13H2,1H3,(H,20,23). The summed E-state index contributed by atoms with van der Waals surface area (Å²) in [6, 6.07) is 10.2. The molecule has 120 valence electrons. The van der Waals surface area contributed by atoms with E-state index in [4.69, 9.17) is 0 Å². The number of benzene rings is 1. The number of amides is 1. The Morgan fingerprint density at radius 3 is 3.04 bits per heavy atom. The van der Waals surface area contributed by atoms with Gasteiger partial charge in [0.1, 0.15) is 0 Å². The highest BCUT2D eigenvalue weighted by Crippen LogP contribution is 2.19. The highest BCUT2D eigenvalue weighted by Gasteiger charge is 2.07. The van der Waals surface area contributed by atoms with Crippen molar-refractivity contribution in [1.82, 2.24) is 20.1 Å². The van der Waals surface area contributed by atoms with E-state index in [-0.39, 0.29) is 5.91 Å². The van der Waals surface area contributed by atoms with Crippen LogP contribution in [0, 0.1) is 0 Å². The molecule has 1 amide bonds. The van der Waals surface area contributed by atoms with Crippen LogP contribution in [0.25, 0.3) is 10.9 Å². The predicted molar refractivity (Wildman–Crippen MR) is 91.0 cm³/mol. The monoisotopic (exact) mass is 310 g/mol.